The van der Waals surface area contributed by atoms with Crippen molar-refractivity contribution in [1.82, 2.24) is 0 Å². The Kier molecular flexibility index (Phi) is 29.6. The first-order valence-electron chi connectivity index (χ1n) is 18.1. The lowest BCUT2D eigenvalue weighted by molar-refractivity contribution is 0.358. The molecule has 0 aliphatic heterocycles. The van der Waals surface area contributed by atoms with Gasteiger partial charge in [0.2, 0.25) is 0 Å². The molecule has 0 N–H and O–H groups in total. The van der Waals surface area contributed by atoms with E-state index in [9.17, 15) is 0 Å². The molecule has 0 radical (unpaired) electrons. The second-order valence-corrected chi connectivity index (χ2v) is 15.3. The van der Waals surface area contributed by atoms with Gasteiger partial charge in [-0.15, -0.1) is 0 Å². The minimum Gasteiger partial charge on any atom is -0.162 e. The summed E-state index contributed by atoms with van der Waals surface area (Å²) < 4.78 is 0. The highest BCUT2D eigenvalue weighted by molar-refractivity contribution is 7.99. The lowest BCUT2D eigenvalue weighted by Gasteiger charge is -2.28. The molecule has 228 valence electrons. The van der Waals surface area contributed by atoms with Crippen LogP contribution < -0.4 is 0 Å². The standard InChI is InChI=1S/C36H72S2/c1-3-5-7-9-11-13-15-17-19-21-23-25-32-37-34-31-35-27-29-36(30-28-35)38-33-26-24-22-20-18-16-14-12-10-8-6-4-2/h35-36H,3-34H2,1-2H3. The van der Waals surface area contributed by atoms with Gasteiger partial charge >= 0.3 is 0 Å². The zero-order chi connectivity index (χ0) is 27.2. The van der Waals surface area contributed by atoms with Gasteiger partial charge < -0.3 is 0 Å². The molecule has 0 nitrogen and oxygen atoms in total. The van der Waals surface area contributed by atoms with Crippen molar-refractivity contribution in [3.05, 3.63) is 0 Å². The van der Waals surface area contributed by atoms with Crippen molar-refractivity contribution in [1.29, 1.82) is 0 Å². The van der Waals surface area contributed by atoms with Crippen molar-refractivity contribution in [3.8, 4) is 0 Å². The van der Waals surface area contributed by atoms with Crippen LogP contribution in [0, 0.1) is 5.92 Å². The molecule has 1 saturated carbocycles. The van der Waals surface area contributed by atoms with Crippen LogP contribution in [-0.4, -0.2) is 22.5 Å². The average Bonchev–Trinajstić information content (AvgIpc) is 2.94. The molecule has 0 aromatic heterocycles. The molecule has 38 heavy (non-hydrogen) atoms. The first-order chi connectivity index (χ1) is 18.9. The molecule has 0 aromatic rings. The first-order valence-corrected chi connectivity index (χ1v) is 20.3. The molecule has 1 fully saturated rings. The number of unbranched alkanes of at least 4 members (excludes halogenated alkanes) is 22. The Bertz CT molecular complexity index is 429. The van der Waals surface area contributed by atoms with E-state index < -0.39 is 0 Å². The maximum Gasteiger partial charge on any atom is 0.00472 e. The highest BCUT2D eigenvalue weighted by atomic mass is 32.2. The molecule has 0 unspecified atom stereocenters. The highest BCUT2D eigenvalue weighted by Gasteiger charge is 2.20. The fourth-order valence-electron chi connectivity index (χ4n) is 6.18. The van der Waals surface area contributed by atoms with E-state index in [4.69, 9.17) is 0 Å². The Labute approximate surface area is 251 Å². The van der Waals surface area contributed by atoms with Crippen LogP contribution in [0.2, 0.25) is 0 Å². The van der Waals surface area contributed by atoms with Gasteiger partial charge in [-0.25, -0.2) is 0 Å². The van der Waals surface area contributed by atoms with E-state index in [0.29, 0.717) is 0 Å². The lowest BCUT2D eigenvalue weighted by atomic mass is 9.87. The zero-order valence-corrected chi connectivity index (χ0v) is 28.2. The van der Waals surface area contributed by atoms with E-state index in [1.54, 1.807) is 0 Å². The molecule has 0 heterocycles. The van der Waals surface area contributed by atoms with Gasteiger partial charge in [-0.2, -0.15) is 23.5 Å². The predicted molar refractivity (Wildman–Crippen MR) is 182 cm³/mol. The largest absolute Gasteiger partial charge is 0.162 e. The second kappa shape index (κ2) is 30.7. The summed E-state index contributed by atoms with van der Waals surface area (Å²) in [5.41, 5.74) is 0. The Balaban J connectivity index is 1.75. The van der Waals surface area contributed by atoms with E-state index in [1.165, 1.54) is 203 Å². The van der Waals surface area contributed by atoms with Crippen molar-refractivity contribution in [2.75, 3.05) is 17.3 Å². The van der Waals surface area contributed by atoms with E-state index in [1.807, 2.05) is 0 Å². The maximum absolute atomic E-state index is 2.32. The Morgan fingerprint density at radius 1 is 0.395 bits per heavy atom. The Morgan fingerprint density at radius 2 is 0.763 bits per heavy atom. The van der Waals surface area contributed by atoms with Crippen molar-refractivity contribution in [2.24, 2.45) is 5.92 Å². The van der Waals surface area contributed by atoms with Crippen LogP contribution in [0.3, 0.4) is 0 Å². The summed E-state index contributed by atoms with van der Waals surface area (Å²) in [4.78, 5) is 0. The van der Waals surface area contributed by atoms with Crippen molar-refractivity contribution in [3.63, 3.8) is 0 Å². The topological polar surface area (TPSA) is 0 Å². The summed E-state index contributed by atoms with van der Waals surface area (Å²) in [5.74, 6) is 5.33. The minimum atomic E-state index is 0.993. The van der Waals surface area contributed by atoms with E-state index >= 15 is 0 Å². The molecule has 0 bridgehead atoms. The molecule has 0 amide bonds. The summed E-state index contributed by atoms with van der Waals surface area (Å²) in [5, 5.41) is 0.993. The fourth-order valence-corrected chi connectivity index (χ4v) is 8.60. The molecule has 2 heteroatoms. The van der Waals surface area contributed by atoms with Crippen LogP contribution in [0.5, 0.6) is 0 Å². The molecule has 0 spiro atoms. The van der Waals surface area contributed by atoms with Gasteiger partial charge in [-0.3, -0.25) is 0 Å². The van der Waals surface area contributed by atoms with Gasteiger partial charge in [-0.05, 0) is 68.1 Å². The number of hydrogen-bond donors (Lipinski definition) is 0. The third-order valence-corrected chi connectivity index (χ3v) is 11.5. The second-order valence-electron chi connectivity index (χ2n) is 12.7. The van der Waals surface area contributed by atoms with Crippen LogP contribution in [0.25, 0.3) is 0 Å². The molecule has 0 atom stereocenters. The lowest BCUT2D eigenvalue weighted by Crippen LogP contribution is -2.17. The summed E-state index contributed by atoms with van der Waals surface area (Å²) in [6, 6.07) is 0. The molecular weight excluding hydrogens is 497 g/mol. The third kappa shape index (κ3) is 25.7. The first kappa shape index (κ1) is 36.7. The molecule has 1 aliphatic rings. The van der Waals surface area contributed by atoms with Gasteiger partial charge in [0, 0.05) is 5.25 Å². The SMILES string of the molecule is CCCCCCCCCCCCCCSCCC1CCC(SCCCCCCCCCCCCCC)CC1. The number of thioether (sulfide) groups is 2. The van der Waals surface area contributed by atoms with Crippen LogP contribution in [-0.2, 0) is 0 Å². The third-order valence-electron chi connectivity index (χ3n) is 8.96. The number of rotatable bonds is 30. The summed E-state index contributed by atoms with van der Waals surface area (Å²) in [7, 11) is 0. The van der Waals surface area contributed by atoms with Crippen molar-refractivity contribution in [2.45, 2.75) is 205 Å². The number of hydrogen-bond acceptors (Lipinski definition) is 2. The van der Waals surface area contributed by atoms with Gasteiger partial charge in [0.1, 0.15) is 0 Å². The summed E-state index contributed by atoms with van der Waals surface area (Å²) in [6.07, 6.45) is 42.8. The van der Waals surface area contributed by atoms with Crippen LogP contribution in [0.4, 0.5) is 0 Å². The average molecular weight is 569 g/mol. The van der Waals surface area contributed by atoms with E-state index in [0.717, 1.165) is 11.2 Å². The summed E-state index contributed by atoms with van der Waals surface area (Å²) >= 11 is 4.58. The smallest absolute Gasteiger partial charge is 0.00472 e. The summed E-state index contributed by atoms with van der Waals surface area (Å²) in [6.45, 7) is 4.62. The predicted octanol–water partition coefficient (Wildman–Crippen LogP) is 13.8. The molecule has 1 rings (SSSR count). The molecule has 1 aliphatic carbocycles. The van der Waals surface area contributed by atoms with Gasteiger partial charge in [0.15, 0.2) is 0 Å². The maximum atomic E-state index is 2.32. The quantitative estimate of drug-likeness (QED) is 0.0790. The van der Waals surface area contributed by atoms with Crippen LogP contribution in [0.1, 0.15) is 200 Å². The molecule has 0 aromatic carbocycles. The monoisotopic (exact) mass is 569 g/mol. The molecular formula is C36H72S2. The van der Waals surface area contributed by atoms with E-state index in [-0.39, 0.29) is 0 Å². The Morgan fingerprint density at radius 3 is 1.18 bits per heavy atom. The van der Waals surface area contributed by atoms with Gasteiger partial charge in [0.25, 0.3) is 0 Å². The van der Waals surface area contributed by atoms with Crippen molar-refractivity contribution < 1.29 is 0 Å². The van der Waals surface area contributed by atoms with E-state index in [2.05, 4.69) is 37.4 Å². The normalized spacial score (nSPS) is 17.8. The highest BCUT2D eigenvalue weighted by Crippen LogP contribution is 2.34. The fraction of sp³-hybridized carbons (Fsp3) is 1.00. The van der Waals surface area contributed by atoms with Gasteiger partial charge in [-0.1, -0.05) is 155 Å². The minimum absolute atomic E-state index is 0.993. The van der Waals surface area contributed by atoms with Gasteiger partial charge in [0.05, 0.1) is 0 Å². The van der Waals surface area contributed by atoms with Crippen LogP contribution >= 0.6 is 23.5 Å². The molecule has 0 saturated heterocycles. The zero-order valence-electron chi connectivity index (χ0n) is 26.6. The Hall–Kier alpha value is 0.700. The van der Waals surface area contributed by atoms with Crippen molar-refractivity contribution >= 4 is 23.5 Å². The van der Waals surface area contributed by atoms with Crippen LogP contribution in [0.15, 0.2) is 0 Å².